The van der Waals surface area contributed by atoms with E-state index in [-0.39, 0.29) is 5.92 Å². The monoisotopic (exact) mass is 244 g/mol. The molecule has 2 unspecified atom stereocenters. The van der Waals surface area contributed by atoms with E-state index in [9.17, 15) is 10.2 Å². The van der Waals surface area contributed by atoms with Gasteiger partial charge in [0.1, 0.15) is 0 Å². The summed E-state index contributed by atoms with van der Waals surface area (Å²) in [5, 5.41) is 22.2. The predicted octanol–water partition coefficient (Wildman–Crippen LogP) is 2.76. The molecule has 2 rings (SSSR count). The van der Waals surface area contributed by atoms with Crippen LogP contribution in [0.3, 0.4) is 0 Å². The fourth-order valence-electron chi connectivity index (χ4n) is 2.26. The molecule has 0 aromatic heterocycles. The molecule has 2 nitrogen and oxygen atoms in total. The van der Waals surface area contributed by atoms with Gasteiger partial charge in [-0.3, -0.25) is 0 Å². The highest BCUT2D eigenvalue weighted by Crippen LogP contribution is 2.21. The van der Waals surface area contributed by atoms with Crippen molar-refractivity contribution in [3.05, 3.63) is 48.0 Å². The van der Waals surface area contributed by atoms with Crippen molar-refractivity contribution in [3.8, 4) is 0 Å². The molecule has 2 atom stereocenters. The Kier molecular flexibility index (Phi) is 4.00. The van der Waals surface area contributed by atoms with Crippen LogP contribution in [0.4, 0.5) is 0 Å². The number of benzene rings is 2. The van der Waals surface area contributed by atoms with Crippen LogP contribution in [0, 0.1) is 5.92 Å². The number of aliphatic hydroxyl groups is 2. The number of aliphatic hydroxyl groups excluding tert-OH is 2. The molecule has 0 aliphatic carbocycles. The summed E-state index contributed by atoms with van der Waals surface area (Å²) in [5.41, 5.74) is 1.08. The third-order valence-electron chi connectivity index (χ3n) is 3.39. The van der Waals surface area contributed by atoms with Crippen LogP contribution in [0.5, 0.6) is 0 Å². The zero-order valence-electron chi connectivity index (χ0n) is 10.9. The summed E-state index contributed by atoms with van der Waals surface area (Å²) < 4.78 is 0. The molecule has 18 heavy (non-hydrogen) atoms. The van der Waals surface area contributed by atoms with Gasteiger partial charge in [-0.2, -0.15) is 0 Å². The number of rotatable bonds is 4. The van der Waals surface area contributed by atoms with Gasteiger partial charge < -0.3 is 10.2 Å². The Morgan fingerprint density at radius 1 is 0.944 bits per heavy atom. The molecule has 2 aromatic carbocycles. The van der Waals surface area contributed by atoms with Gasteiger partial charge in [-0.05, 0) is 22.3 Å². The molecular formula is C16H20O2. The van der Waals surface area contributed by atoms with E-state index in [1.807, 2.05) is 38.1 Å². The maximum absolute atomic E-state index is 10.1. The fourth-order valence-corrected chi connectivity index (χ4v) is 2.26. The average Bonchev–Trinajstić information content (AvgIpc) is 2.38. The first kappa shape index (κ1) is 13.1. The summed E-state index contributed by atoms with van der Waals surface area (Å²) in [4.78, 5) is 0. The minimum Gasteiger partial charge on any atom is -0.390 e. The number of hydrogen-bond acceptors (Lipinski definition) is 2. The Labute approximate surface area is 108 Å². The lowest BCUT2D eigenvalue weighted by Crippen LogP contribution is -2.32. The predicted molar refractivity (Wildman–Crippen MR) is 74.5 cm³/mol. The topological polar surface area (TPSA) is 40.5 Å². The molecule has 0 heterocycles. The first-order valence-corrected chi connectivity index (χ1v) is 6.42. The van der Waals surface area contributed by atoms with Crippen molar-refractivity contribution < 1.29 is 10.2 Å². The van der Waals surface area contributed by atoms with Crippen LogP contribution in [-0.4, -0.2) is 22.4 Å². The molecule has 2 N–H and O–H groups in total. The molecule has 0 aliphatic rings. The number of hydrogen-bond donors (Lipinski definition) is 2. The van der Waals surface area contributed by atoms with Crippen molar-refractivity contribution in [2.75, 3.05) is 0 Å². The summed E-state index contributed by atoms with van der Waals surface area (Å²) in [6.07, 6.45) is -0.902. The maximum Gasteiger partial charge on any atom is 0.0842 e. The van der Waals surface area contributed by atoms with E-state index in [0.29, 0.717) is 6.42 Å². The van der Waals surface area contributed by atoms with Crippen LogP contribution >= 0.6 is 0 Å². The van der Waals surface area contributed by atoms with Crippen LogP contribution < -0.4 is 0 Å². The SMILES string of the molecule is CC(C)C(O)C(O)Cc1cccc2ccccc12. The van der Waals surface area contributed by atoms with Gasteiger partial charge in [-0.15, -0.1) is 0 Å². The quantitative estimate of drug-likeness (QED) is 0.868. The second-order valence-electron chi connectivity index (χ2n) is 5.14. The first-order valence-electron chi connectivity index (χ1n) is 6.42. The van der Waals surface area contributed by atoms with Crippen LogP contribution in [0.25, 0.3) is 10.8 Å². The maximum atomic E-state index is 10.1. The summed E-state index contributed by atoms with van der Waals surface area (Å²) >= 11 is 0. The van der Waals surface area contributed by atoms with Gasteiger partial charge in [0, 0.05) is 6.42 Å². The van der Waals surface area contributed by atoms with Crippen molar-refractivity contribution in [3.63, 3.8) is 0 Å². The highest BCUT2D eigenvalue weighted by Gasteiger charge is 2.20. The highest BCUT2D eigenvalue weighted by molar-refractivity contribution is 5.85. The first-order chi connectivity index (χ1) is 8.59. The van der Waals surface area contributed by atoms with E-state index in [0.717, 1.165) is 10.9 Å². The van der Waals surface area contributed by atoms with Crippen molar-refractivity contribution in [1.82, 2.24) is 0 Å². The fraction of sp³-hybridized carbons (Fsp3) is 0.375. The van der Waals surface area contributed by atoms with E-state index in [4.69, 9.17) is 0 Å². The van der Waals surface area contributed by atoms with Crippen molar-refractivity contribution >= 4 is 10.8 Å². The standard InChI is InChI=1S/C16H20O2/c1-11(2)16(18)15(17)10-13-8-5-7-12-6-3-4-9-14(12)13/h3-9,11,15-18H,10H2,1-2H3. The molecule has 2 aromatic rings. The summed E-state index contributed by atoms with van der Waals surface area (Å²) in [6.45, 7) is 3.83. The Balaban J connectivity index is 2.27. The average molecular weight is 244 g/mol. The van der Waals surface area contributed by atoms with Gasteiger partial charge in [-0.25, -0.2) is 0 Å². The number of fused-ring (bicyclic) bond motifs is 1. The molecule has 0 saturated carbocycles. The Hall–Kier alpha value is -1.38. The largest absolute Gasteiger partial charge is 0.390 e. The van der Waals surface area contributed by atoms with E-state index in [1.165, 1.54) is 5.39 Å². The zero-order chi connectivity index (χ0) is 13.1. The van der Waals surface area contributed by atoms with E-state index in [1.54, 1.807) is 0 Å². The summed E-state index contributed by atoms with van der Waals surface area (Å²) in [7, 11) is 0. The van der Waals surface area contributed by atoms with Crippen molar-refractivity contribution in [1.29, 1.82) is 0 Å². The van der Waals surface area contributed by atoms with Crippen molar-refractivity contribution in [2.45, 2.75) is 32.5 Å². The van der Waals surface area contributed by atoms with Gasteiger partial charge in [0.2, 0.25) is 0 Å². The summed E-state index contributed by atoms with van der Waals surface area (Å²) in [6, 6.07) is 14.2. The minimum absolute atomic E-state index is 0.0648. The Morgan fingerprint density at radius 2 is 1.61 bits per heavy atom. The van der Waals surface area contributed by atoms with Crippen LogP contribution in [0.1, 0.15) is 19.4 Å². The molecule has 2 heteroatoms. The van der Waals surface area contributed by atoms with Gasteiger partial charge >= 0.3 is 0 Å². The molecule has 0 saturated heterocycles. The third kappa shape index (κ3) is 2.71. The molecule has 0 amide bonds. The minimum atomic E-state index is -0.712. The lowest BCUT2D eigenvalue weighted by Gasteiger charge is -2.21. The molecular weight excluding hydrogens is 224 g/mol. The van der Waals surface area contributed by atoms with Crippen molar-refractivity contribution in [2.24, 2.45) is 5.92 Å². The van der Waals surface area contributed by atoms with Gasteiger partial charge in [-0.1, -0.05) is 56.3 Å². The summed E-state index contributed by atoms with van der Waals surface area (Å²) in [5.74, 6) is 0.0648. The van der Waals surface area contributed by atoms with Crippen LogP contribution in [0.15, 0.2) is 42.5 Å². The van der Waals surface area contributed by atoms with Gasteiger partial charge in [0.05, 0.1) is 12.2 Å². The molecule has 96 valence electrons. The van der Waals surface area contributed by atoms with Crippen LogP contribution in [0.2, 0.25) is 0 Å². The van der Waals surface area contributed by atoms with Gasteiger partial charge in [0.15, 0.2) is 0 Å². The van der Waals surface area contributed by atoms with E-state index >= 15 is 0 Å². The van der Waals surface area contributed by atoms with Crippen LogP contribution in [-0.2, 0) is 6.42 Å². The lowest BCUT2D eigenvalue weighted by molar-refractivity contribution is -0.00715. The second-order valence-corrected chi connectivity index (χ2v) is 5.14. The van der Waals surface area contributed by atoms with Gasteiger partial charge in [0.25, 0.3) is 0 Å². The lowest BCUT2D eigenvalue weighted by atomic mass is 9.94. The normalized spacial score (nSPS) is 14.9. The Bertz CT molecular complexity index is 514. The second kappa shape index (κ2) is 5.51. The molecule has 0 radical (unpaired) electrons. The Morgan fingerprint density at radius 3 is 2.33 bits per heavy atom. The molecule has 0 fully saturated rings. The van der Waals surface area contributed by atoms with E-state index < -0.39 is 12.2 Å². The smallest absolute Gasteiger partial charge is 0.0842 e. The molecule has 0 aliphatic heterocycles. The third-order valence-corrected chi connectivity index (χ3v) is 3.39. The highest BCUT2D eigenvalue weighted by atomic mass is 16.3. The molecule has 0 spiro atoms. The molecule has 0 bridgehead atoms. The van der Waals surface area contributed by atoms with E-state index in [2.05, 4.69) is 18.2 Å². The zero-order valence-corrected chi connectivity index (χ0v) is 10.9.